The molecule has 8 heteroatoms. The minimum atomic E-state index is -6.07. The highest BCUT2D eigenvalue weighted by Gasteiger charge is 2.72. The van der Waals surface area contributed by atoms with E-state index in [9.17, 15) is 31.4 Å². The molecular formula is C13H8F6O2. The highest BCUT2D eigenvalue weighted by Crippen LogP contribution is 2.51. The molecular weight excluding hydrogens is 302 g/mol. The number of hydrogen-bond donors (Lipinski definition) is 1. The van der Waals surface area contributed by atoms with Crippen LogP contribution in [-0.4, -0.2) is 17.2 Å². The van der Waals surface area contributed by atoms with E-state index < -0.39 is 34.8 Å². The average molecular weight is 310 g/mol. The van der Waals surface area contributed by atoms with Crippen molar-refractivity contribution in [3.8, 4) is 0 Å². The lowest BCUT2D eigenvalue weighted by Gasteiger charge is -2.35. The van der Waals surface area contributed by atoms with Crippen molar-refractivity contribution in [2.75, 3.05) is 0 Å². The summed E-state index contributed by atoms with van der Waals surface area (Å²) in [4.78, 5) is 0. The first kappa shape index (κ1) is 15.4. The van der Waals surface area contributed by atoms with Gasteiger partial charge in [0.15, 0.2) is 0 Å². The van der Waals surface area contributed by atoms with Gasteiger partial charge >= 0.3 is 12.1 Å². The summed E-state index contributed by atoms with van der Waals surface area (Å²) in [5.41, 5.74) is -4.85. The van der Waals surface area contributed by atoms with Crippen molar-refractivity contribution in [3.05, 3.63) is 59.8 Å². The molecule has 2 rings (SSSR count). The number of aliphatic hydroxyl groups is 1. The summed E-state index contributed by atoms with van der Waals surface area (Å²) in [5.74, 6) is -7.71. The molecule has 1 unspecified atom stereocenters. The van der Waals surface area contributed by atoms with Crippen LogP contribution in [0.25, 0.3) is 0 Å². The van der Waals surface area contributed by atoms with Gasteiger partial charge in [-0.05, 0) is 24.3 Å². The van der Waals surface area contributed by atoms with Crippen LogP contribution in [0.1, 0.15) is 11.3 Å². The second-order valence-corrected chi connectivity index (χ2v) is 4.27. The Morgan fingerprint density at radius 3 is 2.10 bits per heavy atom. The molecule has 21 heavy (non-hydrogen) atoms. The molecule has 2 nitrogen and oxygen atoms in total. The average Bonchev–Trinajstić information content (AvgIpc) is 2.90. The lowest BCUT2D eigenvalue weighted by molar-refractivity contribution is -0.339. The highest BCUT2D eigenvalue weighted by atomic mass is 19.4. The number of rotatable bonds is 3. The maximum absolute atomic E-state index is 13.8. The zero-order valence-corrected chi connectivity index (χ0v) is 10.2. The Balaban J connectivity index is 2.73. The van der Waals surface area contributed by atoms with Gasteiger partial charge in [0.1, 0.15) is 11.6 Å². The van der Waals surface area contributed by atoms with Crippen molar-refractivity contribution in [1.82, 2.24) is 0 Å². The fourth-order valence-corrected chi connectivity index (χ4v) is 1.88. The first-order chi connectivity index (χ1) is 9.60. The second-order valence-electron chi connectivity index (χ2n) is 4.27. The molecule has 0 amide bonds. The first-order valence-corrected chi connectivity index (χ1v) is 5.57. The van der Waals surface area contributed by atoms with Gasteiger partial charge in [-0.15, -0.1) is 0 Å². The van der Waals surface area contributed by atoms with E-state index in [1.165, 1.54) is 0 Å². The summed E-state index contributed by atoms with van der Waals surface area (Å²) in [6.07, 6.45) is -5.24. The summed E-state index contributed by atoms with van der Waals surface area (Å²) in [6, 6.07) is 4.69. The van der Waals surface area contributed by atoms with Crippen molar-refractivity contribution >= 4 is 0 Å². The maximum Gasteiger partial charge on any atom is 0.457 e. The van der Waals surface area contributed by atoms with E-state index in [0.717, 1.165) is 36.6 Å². The van der Waals surface area contributed by atoms with Gasteiger partial charge < -0.3 is 9.52 Å². The molecule has 0 aliphatic rings. The fraction of sp³-hybridized carbons (Fsp3) is 0.231. The van der Waals surface area contributed by atoms with E-state index >= 15 is 0 Å². The van der Waals surface area contributed by atoms with E-state index in [2.05, 4.69) is 4.42 Å². The van der Waals surface area contributed by atoms with E-state index in [4.69, 9.17) is 0 Å². The monoisotopic (exact) mass is 310 g/mol. The summed E-state index contributed by atoms with van der Waals surface area (Å²) >= 11 is 0. The molecule has 114 valence electrons. The molecule has 1 heterocycles. The Labute approximate surface area is 114 Å². The Bertz CT molecular complexity index is 620. The molecule has 0 radical (unpaired) electrons. The standard InChI is InChI=1S/C13H8F6O2/c14-9-4-1-3-8(7-9)11(20,10-5-2-6-21-10)12(15,16)13(17,18)19/h1-7,20H. The summed E-state index contributed by atoms with van der Waals surface area (Å²) < 4.78 is 83.3. The number of alkyl halides is 5. The first-order valence-electron chi connectivity index (χ1n) is 5.57. The molecule has 1 aromatic carbocycles. The van der Waals surface area contributed by atoms with Crippen molar-refractivity contribution in [2.24, 2.45) is 0 Å². The third-order valence-corrected chi connectivity index (χ3v) is 2.93. The van der Waals surface area contributed by atoms with Crippen LogP contribution < -0.4 is 0 Å². The van der Waals surface area contributed by atoms with Crippen LogP contribution in [0.3, 0.4) is 0 Å². The Morgan fingerprint density at radius 2 is 1.62 bits per heavy atom. The highest BCUT2D eigenvalue weighted by molar-refractivity contribution is 5.35. The van der Waals surface area contributed by atoms with Crippen molar-refractivity contribution in [2.45, 2.75) is 17.7 Å². The zero-order valence-electron chi connectivity index (χ0n) is 10.2. The van der Waals surface area contributed by atoms with Crippen LogP contribution in [0.4, 0.5) is 26.3 Å². The van der Waals surface area contributed by atoms with Gasteiger partial charge in [-0.2, -0.15) is 22.0 Å². The molecule has 0 saturated heterocycles. The minimum Gasteiger partial charge on any atom is -0.466 e. The predicted molar refractivity (Wildman–Crippen MR) is 59.1 cm³/mol. The molecule has 0 aliphatic heterocycles. The second kappa shape index (κ2) is 4.80. The van der Waals surface area contributed by atoms with Crippen molar-refractivity contribution in [3.63, 3.8) is 0 Å². The molecule has 0 saturated carbocycles. The normalized spacial score (nSPS) is 15.8. The van der Waals surface area contributed by atoms with Crippen LogP contribution in [0.15, 0.2) is 47.1 Å². The molecule has 0 bridgehead atoms. The van der Waals surface area contributed by atoms with E-state index in [1.54, 1.807) is 0 Å². The zero-order chi connectivity index (χ0) is 15.9. The van der Waals surface area contributed by atoms with Gasteiger partial charge in [0, 0.05) is 5.56 Å². The minimum absolute atomic E-state index is 0.391. The maximum atomic E-state index is 13.8. The summed E-state index contributed by atoms with van der Waals surface area (Å²) in [5, 5.41) is 10.1. The van der Waals surface area contributed by atoms with Crippen LogP contribution in [0.2, 0.25) is 0 Å². The Kier molecular flexibility index (Phi) is 3.53. The third-order valence-electron chi connectivity index (χ3n) is 2.93. The van der Waals surface area contributed by atoms with E-state index in [0.29, 0.717) is 6.07 Å². The van der Waals surface area contributed by atoms with Crippen LogP contribution in [-0.2, 0) is 5.60 Å². The van der Waals surface area contributed by atoms with Crippen molar-refractivity contribution in [1.29, 1.82) is 0 Å². The molecule has 2 aromatic rings. The van der Waals surface area contributed by atoms with Crippen molar-refractivity contribution < 1.29 is 35.9 Å². The van der Waals surface area contributed by atoms with Crippen LogP contribution in [0, 0.1) is 5.82 Å². The van der Waals surface area contributed by atoms with Gasteiger partial charge in [0.25, 0.3) is 0 Å². The number of furan rings is 1. The fourth-order valence-electron chi connectivity index (χ4n) is 1.88. The number of hydrogen-bond acceptors (Lipinski definition) is 2. The smallest absolute Gasteiger partial charge is 0.457 e. The molecule has 1 atom stereocenters. The van der Waals surface area contributed by atoms with Gasteiger partial charge in [-0.3, -0.25) is 0 Å². The van der Waals surface area contributed by atoms with Gasteiger partial charge in [0.05, 0.1) is 6.26 Å². The number of benzene rings is 1. The lowest BCUT2D eigenvalue weighted by Crippen LogP contribution is -2.55. The number of halogens is 6. The third kappa shape index (κ3) is 2.29. The van der Waals surface area contributed by atoms with Crippen LogP contribution in [0.5, 0.6) is 0 Å². The molecule has 1 N–H and O–H groups in total. The largest absolute Gasteiger partial charge is 0.466 e. The molecule has 0 spiro atoms. The van der Waals surface area contributed by atoms with E-state index in [-0.39, 0.29) is 0 Å². The van der Waals surface area contributed by atoms with Gasteiger partial charge in [0.2, 0.25) is 5.60 Å². The van der Waals surface area contributed by atoms with E-state index in [1.807, 2.05) is 0 Å². The van der Waals surface area contributed by atoms with Gasteiger partial charge in [-0.25, -0.2) is 4.39 Å². The lowest BCUT2D eigenvalue weighted by atomic mass is 9.84. The topological polar surface area (TPSA) is 33.4 Å². The molecule has 0 aliphatic carbocycles. The quantitative estimate of drug-likeness (QED) is 0.874. The SMILES string of the molecule is OC(c1cccc(F)c1)(c1ccco1)C(F)(F)C(F)(F)F. The molecule has 0 fully saturated rings. The Hall–Kier alpha value is -1.96. The molecule has 1 aromatic heterocycles. The Morgan fingerprint density at radius 1 is 0.952 bits per heavy atom. The summed E-state index contributed by atoms with van der Waals surface area (Å²) in [6.45, 7) is 0. The summed E-state index contributed by atoms with van der Waals surface area (Å²) in [7, 11) is 0. The van der Waals surface area contributed by atoms with Crippen LogP contribution >= 0.6 is 0 Å². The van der Waals surface area contributed by atoms with Gasteiger partial charge in [-0.1, -0.05) is 12.1 Å². The predicted octanol–water partition coefficient (Wildman–Crippen LogP) is 3.85.